The van der Waals surface area contributed by atoms with Crippen molar-refractivity contribution >= 4 is 11.7 Å². The van der Waals surface area contributed by atoms with Crippen LogP contribution in [-0.4, -0.2) is 44.2 Å². The molecule has 1 aromatic carbocycles. The van der Waals surface area contributed by atoms with Gasteiger partial charge < -0.3 is 9.64 Å². The van der Waals surface area contributed by atoms with Gasteiger partial charge in [-0.15, -0.1) is 0 Å². The first kappa shape index (κ1) is 15.8. The van der Waals surface area contributed by atoms with Gasteiger partial charge in [0, 0.05) is 25.3 Å². The number of hydrogen-bond donors (Lipinski definition) is 0. The number of esters is 1. The maximum absolute atomic E-state index is 11.4. The molecule has 0 amide bonds. The van der Waals surface area contributed by atoms with Gasteiger partial charge in [0.1, 0.15) is 0 Å². The first-order valence-electron chi connectivity index (χ1n) is 7.87. The smallest absolute Gasteiger partial charge is 0.320 e. The quantitative estimate of drug-likeness (QED) is 0.754. The maximum Gasteiger partial charge on any atom is 0.320 e. The predicted octanol–water partition coefficient (Wildman–Crippen LogP) is 2.67. The summed E-state index contributed by atoms with van der Waals surface area (Å²) >= 11 is 0. The molecule has 0 aromatic heterocycles. The molecule has 1 aromatic rings. The second-order valence-corrected chi connectivity index (χ2v) is 5.69. The highest BCUT2D eigenvalue weighted by Gasteiger charge is 2.11. The van der Waals surface area contributed by atoms with Gasteiger partial charge in [-0.2, -0.15) is 0 Å². The molecule has 2 rings (SSSR count). The van der Waals surface area contributed by atoms with Crippen molar-refractivity contribution in [2.24, 2.45) is 0 Å². The van der Waals surface area contributed by atoms with Crippen LogP contribution in [0.2, 0.25) is 0 Å². The van der Waals surface area contributed by atoms with E-state index in [1.165, 1.54) is 43.6 Å². The fourth-order valence-corrected chi connectivity index (χ4v) is 2.76. The summed E-state index contributed by atoms with van der Waals surface area (Å²) in [6.07, 6.45) is 3.95. The Morgan fingerprint density at radius 3 is 2.48 bits per heavy atom. The minimum absolute atomic E-state index is 0.162. The van der Waals surface area contributed by atoms with Crippen LogP contribution < -0.4 is 4.90 Å². The Bertz CT molecular complexity index is 439. The van der Waals surface area contributed by atoms with E-state index in [0.29, 0.717) is 13.2 Å². The van der Waals surface area contributed by atoms with Gasteiger partial charge in [0.15, 0.2) is 0 Å². The lowest BCUT2D eigenvalue weighted by atomic mass is 10.1. The molecule has 0 N–H and O–H groups in total. The van der Waals surface area contributed by atoms with Gasteiger partial charge >= 0.3 is 5.97 Å². The monoisotopic (exact) mass is 290 g/mol. The Labute approximate surface area is 127 Å². The van der Waals surface area contributed by atoms with Crippen LogP contribution in [0.4, 0.5) is 5.69 Å². The van der Waals surface area contributed by atoms with E-state index in [4.69, 9.17) is 4.74 Å². The Balaban J connectivity index is 1.85. The molecule has 1 saturated heterocycles. The molecule has 116 valence electrons. The van der Waals surface area contributed by atoms with Crippen LogP contribution in [-0.2, 0) is 16.1 Å². The zero-order valence-corrected chi connectivity index (χ0v) is 13.2. The largest absolute Gasteiger partial charge is 0.465 e. The molecule has 1 aliphatic heterocycles. The van der Waals surface area contributed by atoms with Crippen LogP contribution in [0.15, 0.2) is 24.3 Å². The molecule has 0 spiro atoms. The molecule has 0 unspecified atom stereocenters. The van der Waals surface area contributed by atoms with Crippen LogP contribution in [0.25, 0.3) is 0 Å². The summed E-state index contributed by atoms with van der Waals surface area (Å²) in [5.74, 6) is -0.162. The minimum atomic E-state index is -0.162. The van der Waals surface area contributed by atoms with E-state index in [2.05, 4.69) is 29.2 Å². The molecule has 0 aliphatic carbocycles. The third-order valence-corrected chi connectivity index (χ3v) is 3.81. The average Bonchev–Trinajstić information content (AvgIpc) is 2.49. The van der Waals surface area contributed by atoms with Crippen molar-refractivity contribution in [3.8, 4) is 0 Å². The number of ether oxygens (including phenoxy) is 1. The summed E-state index contributed by atoms with van der Waals surface area (Å²) in [4.78, 5) is 15.9. The van der Waals surface area contributed by atoms with E-state index in [1.807, 2.05) is 18.9 Å². The van der Waals surface area contributed by atoms with Crippen LogP contribution >= 0.6 is 0 Å². The molecular weight excluding hydrogens is 264 g/mol. The Morgan fingerprint density at radius 1 is 1.19 bits per heavy atom. The third kappa shape index (κ3) is 5.05. The summed E-state index contributed by atoms with van der Waals surface area (Å²) in [5.41, 5.74) is 2.54. The molecule has 0 bridgehead atoms. The van der Waals surface area contributed by atoms with Crippen LogP contribution in [0.5, 0.6) is 0 Å². The lowest BCUT2D eigenvalue weighted by Crippen LogP contribution is -2.29. The zero-order chi connectivity index (χ0) is 15.1. The summed E-state index contributed by atoms with van der Waals surface area (Å²) < 4.78 is 4.96. The van der Waals surface area contributed by atoms with E-state index in [0.717, 1.165) is 6.54 Å². The average molecular weight is 290 g/mol. The number of likely N-dealkylation sites (N-methyl/N-ethyl adjacent to an activating group) is 1. The fourth-order valence-electron chi connectivity index (χ4n) is 2.76. The van der Waals surface area contributed by atoms with Gasteiger partial charge in [-0.3, -0.25) is 9.69 Å². The molecule has 1 fully saturated rings. The van der Waals surface area contributed by atoms with E-state index in [1.54, 1.807) is 0 Å². The first-order valence-corrected chi connectivity index (χ1v) is 7.87. The Morgan fingerprint density at radius 2 is 1.86 bits per heavy atom. The maximum atomic E-state index is 11.4. The predicted molar refractivity (Wildman–Crippen MR) is 85.5 cm³/mol. The third-order valence-electron chi connectivity index (χ3n) is 3.81. The van der Waals surface area contributed by atoms with Crippen LogP contribution in [0.1, 0.15) is 31.7 Å². The highest BCUT2D eigenvalue weighted by molar-refractivity contribution is 5.71. The van der Waals surface area contributed by atoms with Gasteiger partial charge in [-0.1, -0.05) is 12.1 Å². The number of carbonyl (C=O) groups excluding carboxylic acids is 1. The molecule has 4 heteroatoms. The number of rotatable bonds is 6. The molecule has 0 radical (unpaired) electrons. The van der Waals surface area contributed by atoms with Crippen molar-refractivity contribution in [3.05, 3.63) is 29.8 Å². The van der Waals surface area contributed by atoms with Crippen molar-refractivity contribution in [1.29, 1.82) is 0 Å². The van der Waals surface area contributed by atoms with Gasteiger partial charge in [-0.05, 0) is 50.9 Å². The Hall–Kier alpha value is -1.55. The summed E-state index contributed by atoms with van der Waals surface area (Å²) in [5, 5.41) is 0. The number of anilines is 1. The summed E-state index contributed by atoms with van der Waals surface area (Å²) in [6.45, 7) is 5.71. The summed E-state index contributed by atoms with van der Waals surface area (Å²) in [6, 6.07) is 8.70. The highest BCUT2D eigenvalue weighted by atomic mass is 16.5. The topological polar surface area (TPSA) is 32.8 Å². The molecular formula is C17H26N2O2. The molecule has 4 nitrogen and oxygen atoms in total. The molecule has 1 aliphatic rings. The van der Waals surface area contributed by atoms with Gasteiger partial charge in [-0.25, -0.2) is 0 Å². The van der Waals surface area contributed by atoms with Crippen molar-refractivity contribution in [1.82, 2.24) is 4.90 Å². The van der Waals surface area contributed by atoms with Crippen LogP contribution in [0.3, 0.4) is 0 Å². The van der Waals surface area contributed by atoms with E-state index < -0.39 is 0 Å². The number of carbonyl (C=O) groups is 1. The number of benzene rings is 1. The van der Waals surface area contributed by atoms with E-state index in [-0.39, 0.29) is 5.97 Å². The molecule has 0 saturated carbocycles. The second kappa shape index (κ2) is 8.03. The summed E-state index contributed by atoms with van der Waals surface area (Å²) in [7, 11) is 1.94. The number of nitrogens with zero attached hydrogens (tertiary/aromatic N) is 2. The van der Waals surface area contributed by atoms with Crippen molar-refractivity contribution in [2.75, 3.05) is 38.2 Å². The van der Waals surface area contributed by atoms with Crippen LogP contribution in [0, 0.1) is 0 Å². The number of hydrogen-bond acceptors (Lipinski definition) is 4. The second-order valence-electron chi connectivity index (χ2n) is 5.69. The standard InChI is InChI=1S/C17H26N2O2/c1-3-21-17(20)14-18(2)13-15-7-9-16(10-8-15)19-11-5-4-6-12-19/h7-10H,3-6,11-14H2,1-2H3. The molecule has 21 heavy (non-hydrogen) atoms. The SMILES string of the molecule is CCOC(=O)CN(C)Cc1ccc(N2CCCCC2)cc1. The highest BCUT2D eigenvalue weighted by Crippen LogP contribution is 2.20. The van der Waals surface area contributed by atoms with Crippen molar-refractivity contribution in [2.45, 2.75) is 32.7 Å². The normalized spacial score (nSPS) is 15.3. The van der Waals surface area contributed by atoms with Gasteiger partial charge in [0.25, 0.3) is 0 Å². The van der Waals surface area contributed by atoms with E-state index >= 15 is 0 Å². The van der Waals surface area contributed by atoms with Gasteiger partial charge in [0.2, 0.25) is 0 Å². The van der Waals surface area contributed by atoms with Gasteiger partial charge in [0.05, 0.1) is 13.2 Å². The first-order chi connectivity index (χ1) is 10.2. The van der Waals surface area contributed by atoms with E-state index in [9.17, 15) is 4.79 Å². The number of piperidine rings is 1. The molecule has 0 atom stereocenters. The lowest BCUT2D eigenvalue weighted by molar-refractivity contribution is -0.144. The van der Waals surface area contributed by atoms with Crippen molar-refractivity contribution < 1.29 is 9.53 Å². The molecule has 1 heterocycles. The fraction of sp³-hybridized carbons (Fsp3) is 0.588. The van der Waals surface area contributed by atoms with Crippen molar-refractivity contribution in [3.63, 3.8) is 0 Å². The lowest BCUT2D eigenvalue weighted by Gasteiger charge is -2.29. The zero-order valence-electron chi connectivity index (χ0n) is 13.2. The minimum Gasteiger partial charge on any atom is -0.465 e. The Kier molecular flexibility index (Phi) is 6.05.